The maximum Gasteiger partial charge on any atom is 0.218 e. The van der Waals surface area contributed by atoms with E-state index >= 15 is 0 Å². The highest BCUT2D eigenvalue weighted by Gasteiger charge is 2.10. The third kappa shape index (κ3) is 1.44. The van der Waals surface area contributed by atoms with Gasteiger partial charge in [-0.1, -0.05) is 0 Å². The van der Waals surface area contributed by atoms with Gasteiger partial charge in [0.05, 0.1) is 5.52 Å². The maximum atomic E-state index is 9.85. The van der Waals surface area contributed by atoms with Crippen LogP contribution >= 0.6 is 0 Å². The second kappa shape index (κ2) is 3.67. The van der Waals surface area contributed by atoms with Crippen LogP contribution in [0.2, 0.25) is 0 Å². The van der Waals surface area contributed by atoms with Crippen molar-refractivity contribution in [1.29, 1.82) is 0 Å². The van der Waals surface area contributed by atoms with Gasteiger partial charge in [-0.2, -0.15) is 0 Å². The third-order valence-corrected chi connectivity index (χ3v) is 3.46. The van der Waals surface area contributed by atoms with Gasteiger partial charge < -0.3 is 5.11 Å². The molecule has 1 aromatic carbocycles. The second-order valence-corrected chi connectivity index (χ2v) is 4.71. The van der Waals surface area contributed by atoms with Crippen molar-refractivity contribution in [3.05, 3.63) is 41.2 Å². The number of aromatic hydroxyl groups is 1. The van der Waals surface area contributed by atoms with Gasteiger partial charge >= 0.3 is 0 Å². The van der Waals surface area contributed by atoms with Crippen LogP contribution in [0.15, 0.2) is 24.4 Å². The molecule has 3 nitrogen and oxygen atoms in total. The lowest BCUT2D eigenvalue weighted by atomic mass is 10.0. The Morgan fingerprint density at radius 3 is 2.44 bits per heavy atom. The van der Waals surface area contributed by atoms with E-state index in [0.717, 1.165) is 38.5 Å². The molecule has 0 aliphatic heterocycles. The molecule has 3 aromatic rings. The summed E-state index contributed by atoms with van der Waals surface area (Å²) in [7, 11) is 0. The average Bonchev–Trinajstić information content (AvgIpc) is 2.33. The Morgan fingerprint density at radius 1 is 0.944 bits per heavy atom. The van der Waals surface area contributed by atoms with Crippen molar-refractivity contribution in [2.24, 2.45) is 0 Å². The van der Waals surface area contributed by atoms with Crippen LogP contribution in [0.25, 0.3) is 21.7 Å². The summed E-state index contributed by atoms with van der Waals surface area (Å²) in [6.07, 6.45) is 1.63. The summed E-state index contributed by atoms with van der Waals surface area (Å²) in [5.74, 6) is 0.0794. The number of pyridine rings is 2. The zero-order valence-corrected chi connectivity index (χ0v) is 10.7. The molecule has 3 heteroatoms. The van der Waals surface area contributed by atoms with Crippen LogP contribution in [0, 0.1) is 20.8 Å². The van der Waals surface area contributed by atoms with Crippen molar-refractivity contribution in [2.45, 2.75) is 20.8 Å². The van der Waals surface area contributed by atoms with Crippen molar-refractivity contribution in [3.63, 3.8) is 0 Å². The third-order valence-electron chi connectivity index (χ3n) is 3.46. The van der Waals surface area contributed by atoms with Crippen molar-refractivity contribution < 1.29 is 5.11 Å². The summed E-state index contributed by atoms with van der Waals surface area (Å²) >= 11 is 0. The molecule has 0 fully saturated rings. The number of hydrogen-bond donors (Lipinski definition) is 1. The molecule has 0 aliphatic carbocycles. The predicted octanol–water partition coefficient (Wildman–Crippen LogP) is 3.41. The molecule has 0 unspecified atom stereocenters. The topological polar surface area (TPSA) is 46.0 Å². The van der Waals surface area contributed by atoms with E-state index in [4.69, 9.17) is 0 Å². The summed E-state index contributed by atoms with van der Waals surface area (Å²) in [5.41, 5.74) is 4.26. The van der Waals surface area contributed by atoms with E-state index in [1.54, 1.807) is 6.20 Å². The molecule has 0 saturated carbocycles. The van der Waals surface area contributed by atoms with Crippen LogP contribution in [0.3, 0.4) is 0 Å². The highest BCUT2D eigenvalue weighted by Crippen LogP contribution is 2.31. The van der Waals surface area contributed by atoms with Crippen molar-refractivity contribution in [3.8, 4) is 5.88 Å². The van der Waals surface area contributed by atoms with Gasteiger partial charge in [-0.05, 0) is 55.5 Å². The van der Waals surface area contributed by atoms with Gasteiger partial charge in [0.25, 0.3) is 0 Å². The molecule has 3 rings (SSSR count). The van der Waals surface area contributed by atoms with Gasteiger partial charge in [-0.15, -0.1) is 0 Å². The number of rotatable bonds is 0. The molecule has 2 aromatic heterocycles. The summed E-state index contributed by atoms with van der Waals surface area (Å²) in [6, 6.07) is 6.00. The van der Waals surface area contributed by atoms with Crippen LogP contribution < -0.4 is 0 Å². The van der Waals surface area contributed by atoms with Gasteiger partial charge in [0, 0.05) is 22.7 Å². The molecule has 1 N–H and O–H groups in total. The summed E-state index contributed by atoms with van der Waals surface area (Å²) in [6.45, 7) is 6.08. The first-order valence-electron chi connectivity index (χ1n) is 5.93. The Balaban J connectivity index is 2.61. The average molecular weight is 238 g/mol. The van der Waals surface area contributed by atoms with Gasteiger partial charge in [-0.3, -0.25) is 4.98 Å². The Bertz CT molecular complexity index is 778. The molecule has 0 amide bonds. The number of benzene rings is 1. The van der Waals surface area contributed by atoms with E-state index in [-0.39, 0.29) is 5.88 Å². The maximum absolute atomic E-state index is 9.85. The standard InChI is InChI=1S/C15H14N2O/c1-8-6-12-11-4-5-16-15(18)13(11)7-9(2)14(12)17-10(8)3/h4-7H,1-3H3,(H,16,18). The number of fused-ring (bicyclic) bond motifs is 3. The van der Waals surface area contributed by atoms with E-state index in [1.165, 1.54) is 0 Å². The highest BCUT2D eigenvalue weighted by molar-refractivity contribution is 6.09. The summed E-state index contributed by atoms with van der Waals surface area (Å²) in [4.78, 5) is 8.58. The van der Waals surface area contributed by atoms with Crippen molar-refractivity contribution in [1.82, 2.24) is 9.97 Å². The van der Waals surface area contributed by atoms with Gasteiger partial charge in [0.2, 0.25) is 5.88 Å². The molecule has 0 aliphatic rings. The monoisotopic (exact) mass is 238 g/mol. The Morgan fingerprint density at radius 2 is 1.67 bits per heavy atom. The minimum atomic E-state index is 0.0794. The van der Waals surface area contributed by atoms with Gasteiger partial charge in [0.15, 0.2) is 0 Å². The predicted molar refractivity (Wildman–Crippen MR) is 72.9 cm³/mol. The van der Waals surface area contributed by atoms with E-state index in [2.05, 4.69) is 23.0 Å². The molecule has 0 atom stereocenters. The second-order valence-electron chi connectivity index (χ2n) is 4.71. The fourth-order valence-corrected chi connectivity index (χ4v) is 2.34. The summed E-state index contributed by atoms with van der Waals surface area (Å²) in [5, 5.41) is 12.7. The van der Waals surface area contributed by atoms with Gasteiger partial charge in [-0.25, -0.2) is 4.98 Å². The lowest BCUT2D eigenvalue weighted by molar-refractivity contribution is 0.460. The molecular formula is C15H14N2O. The number of aryl methyl sites for hydroxylation is 3. The Kier molecular flexibility index (Phi) is 2.23. The lowest BCUT2D eigenvalue weighted by Crippen LogP contribution is -1.92. The van der Waals surface area contributed by atoms with Crippen molar-refractivity contribution >= 4 is 21.7 Å². The van der Waals surface area contributed by atoms with Crippen LogP contribution in [0.1, 0.15) is 16.8 Å². The number of hydrogen-bond acceptors (Lipinski definition) is 3. The van der Waals surface area contributed by atoms with E-state index < -0.39 is 0 Å². The van der Waals surface area contributed by atoms with Crippen LogP contribution in [-0.4, -0.2) is 15.1 Å². The highest BCUT2D eigenvalue weighted by atomic mass is 16.3. The van der Waals surface area contributed by atoms with Crippen molar-refractivity contribution in [2.75, 3.05) is 0 Å². The van der Waals surface area contributed by atoms with E-state index in [1.807, 2.05) is 26.0 Å². The Hall–Kier alpha value is -2.16. The SMILES string of the molecule is Cc1cc2c(nc1C)c(C)cc1c(O)nccc12. The van der Waals surface area contributed by atoms with Crippen LogP contribution in [-0.2, 0) is 0 Å². The zero-order valence-electron chi connectivity index (χ0n) is 10.7. The minimum absolute atomic E-state index is 0.0794. The molecule has 0 saturated heterocycles. The zero-order chi connectivity index (χ0) is 12.9. The number of nitrogens with zero attached hydrogens (tertiary/aromatic N) is 2. The quantitative estimate of drug-likeness (QED) is 0.610. The van der Waals surface area contributed by atoms with Gasteiger partial charge in [0.1, 0.15) is 0 Å². The van der Waals surface area contributed by atoms with E-state index in [9.17, 15) is 5.11 Å². The molecule has 90 valence electrons. The first-order chi connectivity index (χ1) is 8.58. The smallest absolute Gasteiger partial charge is 0.218 e. The fourth-order valence-electron chi connectivity index (χ4n) is 2.34. The molecule has 2 heterocycles. The first kappa shape index (κ1) is 11.0. The molecule has 0 spiro atoms. The summed E-state index contributed by atoms with van der Waals surface area (Å²) < 4.78 is 0. The van der Waals surface area contributed by atoms with Crippen LogP contribution in [0.5, 0.6) is 5.88 Å². The largest absolute Gasteiger partial charge is 0.493 e. The molecule has 18 heavy (non-hydrogen) atoms. The fraction of sp³-hybridized carbons (Fsp3) is 0.200. The number of aromatic nitrogens is 2. The molecule has 0 radical (unpaired) electrons. The van der Waals surface area contributed by atoms with E-state index in [0.29, 0.717) is 0 Å². The Labute approximate surface area is 105 Å². The first-order valence-corrected chi connectivity index (χ1v) is 5.93. The van der Waals surface area contributed by atoms with Crippen LogP contribution in [0.4, 0.5) is 0 Å². The minimum Gasteiger partial charge on any atom is -0.493 e. The lowest BCUT2D eigenvalue weighted by Gasteiger charge is -2.10. The normalized spacial score (nSPS) is 11.3. The molecular weight excluding hydrogens is 224 g/mol. The molecule has 0 bridgehead atoms.